The molecule has 3 aliphatic heterocycles. The van der Waals surface area contributed by atoms with Gasteiger partial charge in [-0.2, -0.15) is 0 Å². The van der Waals surface area contributed by atoms with Crippen LogP contribution >= 0.6 is 0 Å². The van der Waals surface area contributed by atoms with Crippen LogP contribution in [0.3, 0.4) is 0 Å². The zero-order valence-electron chi connectivity index (χ0n) is 27.5. The molecule has 2 aromatic rings. The highest BCUT2D eigenvalue weighted by Gasteiger charge is 2.52. The van der Waals surface area contributed by atoms with E-state index in [9.17, 15) is 24.6 Å². The van der Waals surface area contributed by atoms with Gasteiger partial charge in [-0.05, 0) is 75.8 Å². The van der Waals surface area contributed by atoms with Gasteiger partial charge in [-0.25, -0.2) is 0 Å². The van der Waals surface area contributed by atoms with Gasteiger partial charge < -0.3 is 24.9 Å². The molecule has 2 N–H and O–H groups in total. The number of benzene rings is 2. The minimum atomic E-state index is -1.87. The third-order valence-corrected chi connectivity index (χ3v) is 9.61. The average Bonchev–Trinajstić information content (AvgIpc) is 3.57. The van der Waals surface area contributed by atoms with Crippen molar-refractivity contribution in [3.05, 3.63) is 94.6 Å². The Morgan fingerprint density at radius 3 is 2.54 bits per heavy atom. The maximum atomic E-state index is 14.1. The van der Waals surface area contributed by atoms with Crippen LogP contribution in [0, 0.1) is 5.92 Å². The van der Waals surface area contributed by atoms with Crippen molar-refractivity contribution in [1.29, 1.82) is 0 Å². The first-order valence-corrected chi connectivity index (χ1v) is 16.5. The number of rotatable bonds is 11. The Morgan fingerprint density at radius 2 is 1.85 bits per heavy atom. The van der Waals surface area contributed by atoms with Crippen LogP contribution in [0.25, 0.3) is 0 Å². The smallest absolute Gasteiger partial charge is 0.264 e. The molecule has 0 aliphatic carbocycles. The topological polar surface area (TPSA) is 101 Å². The average molecular weight is 626 g/mol. The van der Waals surface area contributed by atoms with E-state index in [0.717, 1.165) is 36.0 Å². The second-order valence-corrected chi connectivity index (χ2v) is 13.2. The summed E-state index contributed by atoms with van der Waals surface area (Å²) in [5, 5.41) is 22.3. The lowest BCUT2D eigenvalue weighted by Crippen LogP contribution is -2.46. The van der Waals surface area contributed by atoms with Gasteiger partial charge in [0, 0.05) is 49.6 Å². The first kappa shape index (κ1) is 33.4. The Kier molecular flexibility index (Phi) is 10.3. The van der Waals surface area contributed by atoms with E-state index in [1.807, 2.05) is 42.5 Å². The van der Waals surface area contributed by atoms with E-state index in [1.165, 1.54) is 5.57 Å². The standard InChI is InChI=1S/C38H47N3O5/c1-26(2)10-7-11-27(3)19-21-40-34-18-17-31(39-20-9-16-35(39)43)23-33(34)38(46,37(40)45)28(4)12-8-15-36(44)41-24-30-14-6-5-13-29(30)22-32(41)25-42/h5-6,8,10,12-14,17-19,23,28,32,42,46H,7,9,11,15-16,20-22,24-25H2,1-4H3/b12-8+,27-19+/t28-,32-,38+/m0/s1. The summed E-state index contributed by atoms with van der Waals surface area (Å²) in [5.74, 6) is -1.16. The number of anilines is 2. The van der Waals surface area contributed by atoms with Gasteiger partial charge in [0.1, 0.15) is 0 Å². The summed E-state index contributed by atoms with van der Waals surface area (Å²) in [4.78, 5) is 45.1. The largest absolute Gasteiger partial charge is 0.394 e. The van der Waals surface area contributed by atoms with Crippen molar-refractivity contribution in [2.75, 3.05) is 29.5 Å². The van der Waals surface area contributed by atoms with Gasteiger partial charge >= 0.3 is 0 Å². The second kappa shape index (κ2) is 14.2. The van der Waals surface area contributed by atoms with Gasteiger partial charge in [0.05, 0.1) is 18.3 Å². The molecule has 3 atom stereocenters. The highest BCUT2D eigenvalue weighted by molar-refractivity contribution is 6.08. The number of fused-ring (bicyclic) bond motifs is 2. The number of aliphatic hydroxyl groups is 2. The van der Waals surface area contributed by atoms with Crippen molar-refractivity contribution in [3.8, 4) is 0 Å². The number of hydrogen-bond acceptors (Lipinski definition) is 5. The molecule has 0 bridgehead atoms. The molecule has 0 radical (unpaired) electrons. The summed E-state index contributed by atoms with van der Waals surface area (Å²) in [6.45, 7) is 9.24. The summed E-state index contributed by atoms with van der Waals surface area (Å²) in [6, 6.07) is 13.2. The molecular weight excluding hydrogens is 578 g/mol. The van der Waals surface area contributed by atoms with Crippen molar-refractivity contribution >= 4 is 29.1 Å². The molecule has 0 aromatic heterocycles. The maximum absolute atomic E-state index is 14.1. The minimum Gasteiger partial charge on any atom is -0.394 e. The van der Waals surface area contributed by atoms with Crippen molar-refractivity contribution in [1.82, 2.24) is 4.90 Å². The summed E-state index contributed by atoms with van der Waals surface area (Å²) in [6.07, 6.45) is 11.4. The third kappa shape index (κ3) is 6.74. The SMILES string of the molecule is CC(C)=CCC/C(C)=C/CN1C(=O)[C@@](O)([C@@H](C)/C=C/CC(=O)N2Cc3ccccc3C[C@H]2CO)c2cc(N3CCCC3=O)ccc21. The molecule has 244 valence electrons. The third-order valence-electron chi connectivity index (χ3n) is 9.61. The summed E-state index contributed by atoms with van der Waals surface area (Å²) in [5.41, 5.74) is 4.57. The Balaban J connectivity index is 1.37. The molecular formula is C38H47N3O5. The fraction of sp³-hybridized carbons (Fsp3) is 0.447. The monoisotopic (exact) mass is 625 g/mol. The van der Waals surface area contributed by atoms with E-state index in [1.54, 1.807) is 39.8 Å². The highest BCUT2D eigenvalue weighted by atomic mass is 16.3. The molecule has 0 saturated carbocycles. The molecule has 3 heterocycles. The van der Waals surface area contributed by atoms with E-state index >= 15 is 0 Å². The molecule has 46 heavy (non-hydrogen) atoms. The number of nitrogens with zero attached hydrogens (tertiary/aromatic N) is 3. The fourth-order valence-corrected chi connectivity index (χ4v) is 6.82. The molecule has 1 fully saturated rings. The summed E-state index contributed by atoms with van der Waals surface area (Å²) in [7, 11) is 0. The summed E-state index contributed by atoms with van der Waals surface area (Å²) < 4.78 is 0. The zero-order chi connectivity index (χ0) is 33.0. The van der Waals surface area contributed by atoms with Gasteiger partial charge in [-0.1, -0.05) is 66.6 Å². The summed E-state index contributed by atoms with van der Waals surface area (Å²) >= 11 is 0. The number of aliphatic hydroxyl groups excluding tert-OH is 1. The van der Waals surface area contributed by atoms with Crippen LogP contribution in [-0.4, -0.2) is 58.6 Å². The van der Waals surface area contributed by atoms with Gasteiger partial charge in [-0.3, -0.25) is 14.4 Å². The normalized spacial score (nSPS) is 22.0. The molecule has 8 nitrogen and oxygen atoms in total. The van der Waals surface area contributed by atoms with E-state index < -0.39 is 17.4 Å². The van der Waals surface area contributed by atoms with Crippen molar-refractivity contribution in [3.63, 3.8) is 0 Å². The molecule has 8 heteroatoms. The first-order valence-electron chi connectivity index (χ1n) is 16.5. The first-order chi connectivity index (χ1) is 22.0. The number of amides is 3. The lowest BCUT2D eigenvalue weighted by atomic mass is 9.82. The van der Waals surface area contributed by atoms with Gasteiger partial charge in [0.15, 0.2) is 5.60 Å². The minimum absolute atomic E-state index is 0.0348. The Labute approximate surface area is 272 Å². The van der Waals surface area contributed by atoms with E-state index in [2.05, 4.69) is 26.8 Å². The van der Waals surface area contributed by atoms with Gasteiger partial charge in [0.2, 0.25) is 11.8 Å². The van der Waals surface area contributed by atoms with Gasteiger partial charge in [-0.15, -0.1) is 0 Å². The lowest BCUT2D eigenvalue weighted by molar-refractivity contribution is -0.139. The van der Waals surface area contributed by atoms with Crippen molar-refractivity contribution < 1.29 is 24.6 Å². The second-order valence-electron chi connectivity index (χ2n) is 13.2. The van der Waals surface area contributed by atoms with Crippen LogP contribution < -0.4 is 9.80 Å². The highest BCUT2D eigenvalue weighted by Crippen LogP contribution is 2.47. The number of carbonyl (C=O) groups excluding carboxylic acids is 3. The Morgan fingerprint density at radius 1 is 1.09 bits per heavy atom. The van der Waals surface area contributed by atoms with Gasteiger partial charge in [0.25, 0.3) is 5.91 Å². The van der Waals surface area contributed by atoms with Crippen molar-refractivity contribution in [2.24, 2.45) is 5.92 Å². The molecule has 1 saturated heterocycles. The predicted molar refractivity (Wildman–Crippen MR) is 181 cm³/mol. The van der Waals surface area contributed by atoms with Crippen LogP contribution in [0.4, 0.5) is 11.4 Å². The van der Waals surface area contributed by atoms with Crippen LogP contribution in [-0.2, 0) is 33.0 Å². The number of hydrogen-bond donors (Lipinski definition) is 2. The van der Waals surface area contributed by atoms with Crippen LogP contribution in [0.1, 0.15) is 76.5 Å². The van der Waals surface area contributed by atoms with E-state index in [0.29, 0.717) is 49.4 Å². The van der Waals surface area contributed by atoms with Crippen LogP contribution in [0.15, 0.2) is 77.9 Å². The number of carbonyl (C=O) groups is 3. The molecule has 3 amide bonds. The Bertz CT molecular complexity index is 1570. The fourth-order valence-electron chi connectivity index (χ4n) is 6.82. The van der Waals surface area contributed by atoms with Crippen LogP contribution in [0.5, 0.6) is 0 Å². The molecule has 2 aromatic carbocycles. The quantitative estimate of drug-likeness (QED) is 0.318. The zero-order valence-corrected chi connectivity index (χ0v) is 27.5. The van der Waals surface area contributed by atoms with Crippen LogP contribution in [0.2, 0.25) is 0 Å². The predicted octanol–water partition coefficient (Wildman–Crippen LogP) is 5.57. The molecule has 5 rings (SSSR count). The van der Waals surface area contributed by atoms with E-state index in [4.69, 9.17) is 0 Å². The molecule has 0 unspecified atom stereocenters. The lowest BCUT2D eigenvalue weighted by Gasteiger charge is -2.36. The maximum Gasteiger partial charge on any atom is 0.264 e. The molecule has 3 aliphatic rings. The van der Waals surface area contributed by atoms with Crippen molar-refractivity contribution in [2.45, 2.75) is 84.4 Å². The van der Waals surface area contributed by atoms with E-state index in [-0.39, 0.29) is 30.9 Å². The Hall–Kier alpha value is -4.01. The molecule has 0 spiro atoms. The number of allylic oxidation sites excluding steroid dienone is 3.